The highest BCUT2D eigenvalue weighted by Gasteiger charge is 2.06. The second kappa shape index (κ2) is 5.71. The highest BCUT2D eigenvalue weighted by molar-refractivity contribution is 5.50. The predicted octanol–water partition coefficient (Wildman–Crippen LogP) is 2.62. The van der Waals surface area contributed by atoms with E-state index in [-0.39, 0.29) is 0 Å². The first kappa shape index (κ1) is 12.8. The smallest absolute Gasteiger partial charge is 0.137 e. The SMILES string of the molecule is [CH2]C=Cc1ccc(OCC[N+](C)(C)C)cc1. The number of likely N-dealkylation sites (N-methyl/N-ethyl adjacent to an activating group) is 1. The van der Waals surface area contributed by atoms with Gasteiger partial charge in [-0.25, -0.2) is 0 Å². The minimum Gasteiger partial charge on any atom is -0.488 e. The molecule has 0 atom stereocenters. The first-order valence-electron chi connectivity index (χ1n) is 5.50. The van der Waals surface area contributed by atoms with Crippen molar-refractivity contribution in [2.45, 2.75) is 0 Å². The molecule has 0 amide bonds. The summed E-state index contributed by atoms with van der Waals surface area (Å²) in [6.07, 6.45) is 3.75. The van der Waals surface area contributed by atoms with E-state index in [0.29, 0.717) is 0 Å². The van der Waals surface area contributed by atoms with Gasteiger partial charge in [0.1, 0.15) is 18.9 Å². The third-order valence-electron chi connectivity index (χ3n) is 2.22. The Labute approximate surface area is 98.7 Å². The summed E-state index contributed by atoms with van der Waals surface area (Å²) in [4.78, 5) is 0. The molecule has 1 aromatic rings. The third-order valence-corrected chi connectivity index (χ3v) is 2.22. The lowest BCUT2D eigenvalue weighted by Crippen LogP contribution is -2.38. The molecule has 2 nitrogen and oxygen atoms in total. The fraction of sp³-hybridized carbons (Fsp3) is 0.357. The first-order valence-corrected chi connectivity index (χ1v) is 5.50. The van der Waals surface area contributed by atoms with E-state index in [2.05, 4.69) is 28.1 Å². The zero-order valence-electron chi connectivity index (χ0n) is 10.4. The number of hydrogen-bond donors (Lipinski definition) is 0. The molecule has 0 spiro atoms. The fourth-order valence-electron chi connectivity index (χ4n) is 1.25. The van der Waals surface area contributed by atoms with Gasteiger partial charge in [0.05, 0.1) is 21.1 Å². The molecular formula is C14H21NO+. The molecule has 0 bridgehead atoms. The second-order valence-electron chi connectivity index (χ2n) is 4.83. The normalized spacial score (nSPS) is 12.0. The van der Waals surface area contributed by atoms with Gasteiger partial charge in [0.25, 0.3) is 0 Å². The topological polar surface area (TPSA) is 9.23 Å². The van der Waals surface area contributed by atoms with E-state index in [0.717, 1.165) is 28.9 Å². The molecule has 16 heavy (non-hydrogen) atoms. The zero-order chi connectivity index (χ0) is 12.0. The Morgan fingerprint density at radius 2 is 1.81 bits per heavy atom. The number of quaternary nitrogens is 1. The van der Waals surface area contributed by atoms with E-state index >= 15 is 0 Å². The predicted molar refractivity (Wildman–Crippen MR) is 69.2 cm³/mol. The van der Waals surface area contributed by atoms with Crippen LogP contribution in [0.1, 0.15) is 5.56 Å². The molecule has 0 aromatic heterocycles. The highest BCUT2D eigenvalue weighted by atomic mass is 16.5. The molecule has 87 valence electrons. The molecule has 0 unspecified atom stereocenters. The van der Waals surface area contributed by atoms with Gasteiger partial charge in [-0.05, 0) is 24.6 Å². The summed E-state index contributed by atoms with van der Waals surface area (Å²) in [7, 11) is 6.47. The average Bonchev–Trinajstić information content (AvgIpc) is 2.19. The van der Waals surface area contributed by atoms with E-state index < -0.39 is 0 Å². The number of hydrogen-bond acceptors (Lipinski definition) is 1. The van der Waals surface area contributed by atoms with Crippen LogP contribution in [0, 0.1) is 6.92 Å². The molecule has 1 rings (SSSR count). The molecule has 0 saturated carbocycles. The standard InChI is InChI=1S/C14H21NO/c1-5-6-13-7-9-14(10-8-13)16-12-11-15(2,3)4/h5-10H,1,11-12H2,2-4H3/q+1. The van der Waals surface area contributed by atoms with Crippen molar-refractivity contribution < 1.29 is 9.22 Å². The van der Waals surface area contributed by atoms with Crippen LogP contribution < -0.4 is 4.74 Å². The summed E-state index contributed by atoms with van der Waals surface area (Å²) in [5, 5.41) is 0. The van der Waals surface area contributed by atoms with E-state index in [1.54, 1.807) is 6.08 Å². The number of nitrogens with zero attached hydrogens (tertiary/aromatic N) is 1. The van der Waals surface area contributed by atoms with Crippen molar-refractivity contribution in [3.8, 4) is 5.75 Å². The maximum atomic E-state index is 5.66. The molecule has 0 aliphatic rings. The monoisotopic (exact) mass is 219 g/mol. The van der Waals surface area contributed by atoms with Crippen LogP contribution in [-0.4, -0.2) is 38.8 Å². The van der Waals surface area contributed by atoms with E-state index in [1.165, 1.54) is 0 Å². The Bertz CT molecular complexity index is 333. The van der Waals surface area contributed by atoms with Crippen LogP contribution in [0.4, 0.5) is 0 Å². The van der Waals surface area contributed by atoms with Crippen LogP contribution in [0.5, 0.6) is 5.75 Å². The van der Waals surface area contributed by atoms with Crippen molar-refractivity contribution in [2.75, 3.05) is 34.3 Å². The van der Waals surface area contributed by atoms with E-state index in [9.17, 15) is 0 Å². The molecule has 0 aliphatic carbocycles. The largest absolute Gasteiger partial charge is 0.488 e. The Kier molecular flexibility index (Phi) is 4.56. The van der Waals surface area contributed by atoms with Gasteiger partial charge < -0.3 is 9.22 Å². The van der Waals surface area contributed by atoms with Gasteiger partial charge >= 0.3 is 0 Å². The van der Waals surface area contributed by atoms with Gasteiger partial charge in [-0.2, -0.15) is 0 Å². The van der Waals surface area contributed by atoms with Crippen LogP contribution in [0.2, 0.25) is 0 Å². The lowest BCUT2D eigenvalue weighted by Gasteiger charge is -2.23. The van der Waals surface area contributed by atoms with Gasteiger partial charge in [0.2, 0.25) is 0 Å². The van der Waals surface area contributed by atoms with Crippen molar-refractivity contribution in [3.05, 3.63) is 42.8 Å². The van der Waals surface area contributed by atoms with Crippen LogP contribution in [0.3, 0.4) is 0 Å². The number of benzene rings is 1. The summed E-state index contributed by atoms with van der Waals surface area (Å²) >= 11 is 0. The van der Waals surface area contributed by atoms with Gasteiger partial charge in [-0.15, -0.1) is 0 Å². The minimum absolute atomic E-state index is 0.744. The fourth-order valence-corrected chi connectivity index (χ4v) is 1.25. The number of rotatable bonds is 5. The van der Waals surface area contributed by atoms with Crippen molar-refractivity contribution in [2.24, 2.45) is 0 Å². The van der Waals surface area contributed by atoms with Crippen LogP contribution in [0.25, 0.3) is 6.08 Å². The van der Waals surface area contributed by atoms with Crippen LogP contribution in [0.15, 0.2) is 30.3 Å². The average molecular weight is 219 g/mol. The molecule has 0 fully saturated rings. The molecule has 0 aliphatic heterocycles. The lowest BCUT2D eigenvalue weighted by molar-refractivity contribution is -0.870. The molecule has 0 heterocycles. The summed E-state index contributed by atoms with van der Waals surface area (Å²) in [6.45, 7) is 5.41. The van der Waals surface area contributed by atoms with Gasteiger partial charge in [-0.3, -0.25) is 0 Å². The second-order valence-corrected chi connectivity index (χ2v) is 4.83. The van der Waals surface area contributed by atoms with Gasteiger partial charge in [-0.1, -0.05) is 24.3 Å². The van der Waals surface area contributed by atoms with Crippen LogP contribution in [-0.2, 0) is 0 Å². The first-order chi connectivity index (χ1) is 7.51. The molecule has 2 heteroatoms. The number of allylic oxidation sites excluding steroid dienone is 1. The van der Waals surface area contributed by atoms with Crippen LogP contribution >= 0.6 is 0 Å². The summed E-state index contributed by atoms with van der Waals surface area (Å²) < 4.78 is 6.58. The lowest BCUT2D eigenvalue weighted by atomic mass is 10.2. The van der Waals surface area contributed by atoms with Crippen molar-refractivity contribution in [3.63, 3.8) is 0 Å². The molecule has 0 N–H and O–H groups in total. The summed E-state index contributed by atoms with van der Waals surface area (Å²) in [5.74, 6) is 0.926. The van der Waals surface area contributed by atoms with Gasteiger partial charge in [0, 0.05) is 0 Å². The summed E-state index contributed by atoms with van der Waals surface area (Å²) in [6, 6.07) is 8.04. The molecule has 1 aromatic carbocycles. The van der Waals surface area contributed by atoms with Gasteiger partial charge in [0.15, 0.2) is 0 Å². The maximum Gasteiger partial charge on any atom is 0.137 e. The highest BCUT2D eigenvalue weighted by Crippen LogP contribution is 2.13. The minimum atomic E-state index is 0.744. The van der Waals surface area contributed by atoms with E-state index in [1.807, 2.05) is 30.3 Å². The summed E-state index contributed by atoms with van der Waals surface area (Å²) in [5.41, 5.74) is 1.15. The molecule has 1 radical (unpaired) electrons. The van der Waals surface area contributed by atoms with Crippen molar-refractivity contribution in [1.29, 1.82) is 0 Å². The zero-order valence-corrected chi connectivity index (χ0v) is 10.4. The Morgan fingerprint density at radius 3 is 2.31 bits per heavy atom. The Hall–Kier alpha value is -1.28. The molecule has 0 saturated heterocycles. The Morgan fingerprint density at radius 1 is 1.19 bits per heavy atom. The van der Waals surface area contributed by atoms with Crippen molar-refractivity contribution in [1.82, 2.24) is 0 Å². The number of ether oxygens (including phenoxy) is 1. The quantitative estimate of drug-likeness (QED) is 0.692. The maximum absolute atomic E-state index is 5.66. The molecular weight excluding hydrogens is 198 g/mol. The van der Waals surface area contributed by atoms with Crippen molar-refractivity contribution >= 4 is 6.08 Å². The Balaban J connectivity index is 2.43. The third kappa shape index (κ3) is 4.99. The van der Waals surface area contributed by atoms with E-state index in [4.69, 9.17) is 4.74 Å².